The fraction of sp³-hybridized carbons (Fsp3) is 0.429. The minimum absolute atomic E-state index is 0.477. The van der Waals surface area contributed by atoms with Gasteiger partial charge < -0.3 is 10.6 Å². The second-order valence-corrected chi connectivity index (χ2v) is 6.03. The van der Waals surface area contributed by atoms with Crippen LogP contribution in [0, 0.1) is 0 Å². The number of carbonyl (C=O) groups is 2. The Morgan fingerprint density at radius 1 is 0.864 bits per heavy atom. The van der Waals surface area contributed by atoms with E-state index in [1.165, 1.54) is 0 Å². The molecule has 0 atom stereocenters. The molecule has 0 radical (unpaired) electrons. The Balaban J connectivity index is 3.08. The number of hydrogen-bond donors (Lipinski definition) is 6. The fourth-order valence-electron chi connectivity index (χ4n) is 2.08. The molecule has 0 heterocycles. The van der Waals surface area contributed by atoms with Crippen LogP contribution in [-0.2, 0) is 11.1 Å². The summed E-state index contributed by atoms with van der Waals surface area (Å²) in [6.45, 7) is 7.42. The predicted octanol–water partition coefficient (Wildman–Crippen LogP) is 0.503. The van der Waals surface area contributed by atoms with Crippen LogP contribution in [0.15, 0.2) is 24.3 Å². The van der Waals surface area contributed by atoms with Crippen LogP contribution < -0.4 is 33.2 Å². The van der Waals surface area contributed by atoms with E-state index in [4.69, 9.17) is 11.7 Å². The van der Waals surface area contributed by atoms with Gasteiger partial charge in [-0.3, -0.25) is 10.9 Å². The zero-order valence-electron chi connectivity index (χ0n) is 13.3. The average molecular weight is 308 g/mol. The van der Waals surface area contributed by atoms with Crippen LogP contribution in [0.25, 0.3) is 0 Å². The topological polar surface area (TPSA) is 134 Å². The van der Waals surface area contributed by atoms with E-state index in [1.54, 1.807) is 0 Å². The van der Waals surface area contributed by atoms with Gasteiger partial charge in [-0.05, 0) is 38.8 Å². The number of carbonyl (C=O) groups excluding carboxylic acids is 2. The lowest BCUT2D eigenvalue weighted by molar-refractivity contribution is 0.230. The van der Waals surface area contributed by atoms with Gasteiger partial charge in [0.05, 0.1) is 11.1 Å². The molecule has 8 nitrogen and oxygen atoms in total. The first-order chi connectivity index (χ1) is 10.1. The third-order valence-corrected chi connectivity index (χ3v) is 3.42. The summed E-state index contributed by atoms with van der Waals surface area (Å²) in [6, 6.07) is 6.59. The summed E-state index contributed by atoms with van der Waals surface area (Å²) >= 11 is 0. The molecule has 1 aromatic carbocycles. The van der Waals surface area contributed by atoms with E-state index in [0.29, 0.717) is 0 Å². The van der Waals surface area contributed by atoms with Gasteiger partial charge in [0, 0.05) is 0 Å². The van der Waals surface area contributed by atoms with Crippen LogP contribution in [0.2, 0.25) is 0 Å². The normalized spacial score (nSPS) is 11.5. The number of hydrogen-bond acceptors (Lipinski definition) is 4. The summed E-state index contributed by atoms with van der Waals surface area (Å²) < 4.78 is 0. The highest BCUT2D eigenvalue weighted by Gasteiger charge is 2.27. The summed E-state index contributed by atoms with van der Waals surface area (Å²) in [6.07, 6.45) is 0. The number of nitrogens with two attached hydrogens (primary N) is 2. The molecule has 0 aliphatic carbocycles. The lowest BCUT2D eigenvalue weighted by Gasteiger charge is -2.30. The number of rotatable bonds is 4. The van der Waals surface area contributed by atoms with E-state index in [9.17, 15) is 9.59 Å². The minimum Gasteiger partial charge on any atom is -0.328 e. The van der Waals surface area contributed by atoms with Crippen molar-refractivity contribution >= 4 is 12.1 Å². The highest BCUT2D eigenvalue weighted by atomic mass is 16.2. The molecule has 0 fully saturated rings. The van der Waals surface area contributed by atoms with Gasteiger partial charge in [0.25, 0.3) is 0 Å². The minimum atomic E-state index is -0.633. The third-order valence-electron chi connectivity index (χ3n) is 3.42. The van der Waals surface area contributed by atoms with Crippen LogP contribution in [0.4, 0.5) is 9.59 Å². The molecule has 122 valence electrons. The molecular formula is C14H24N6O2. The molecule has 22 heavy (non-hydrogen) atoms. The van der Waals surface area contributed by atoms with Crippen molar-refractivity contribution in [2.45, 2.75) is 38.8 Å². The van der Waals surface area contributed by atoms with Crippen molar-refractivity contribution in [2.75, 3.05) is 0 Å². The number of hydrazine groups is 2. The van der Waals surface area contributed by atoms with E-state index in [-0.39, 0.29) is 0 Å². The maximum Gasteiger partial charge on any atom is 0.329 e. The monoisotopic (exact) mass is 308 g/mol. The number of benzene rings is 1. The maximum absolute atomic E-state index is 11.4. The van der Waals surface area contributed by atoms with Crippen LogP contribution in [0.5, 0.6) is 0 Å². The second-order valence-electron chi connectivity index (χ2n) is 6.03. The molecule has 0 bridgehead atoms. The molecule has 0 saturated heterocycles. The Bertz CT molecular complexity index is 511. The standard InChI is InChI=1S/C14H24N6O2/c1-13(2,17-11(21)19-15)9-6-5-7-10(8-9)14(3,4)18-12(22)20-16/h5-8H,15-16H2,1-4H3,(H2,17,19,21)(H2,18,20,22). The summed E-state index contributed by atoms with van der Waals surface area (Å²) in [5.41, 5.74) is 4.56. The van der Waals surface area contributed by atoms with Crippen molar-refractivity contribution in [1.29, 1.82) is 0 Å². The molecule has 0 aliphatic heterocycles. The Morgan fingerprint density at radius 2 is 1.23 bits per heavy atom. The van der Waals surface area contributed by atoms with E-state index in [2.05, 4.69) is 10.6 Å². The van der Waals surface area contributed by atoms with Gasteiger partial charge >= 0.3 is 12.1 Å². The van der Waals surface area contributed by atoms with Crippen LogP contribution in [0.1, 0.15) is 38.8 Å². The second kappa shape index (κ2) is 6.63. The maximum atomic E-state index is 11.4. The molecule has 0 aromatic heterocycles. The Kier molecular flexibility index (Phi) is 5.34. The van der Waals surface area contributed by atoms with Gasteiger partial charge in [-0.1, -0.05) is 24.3 Å². The van der Waals surface area contributed by atoms with Crippen LogP contribution in [0.3, 0.4) is 0 Å². The highest BCUT2D eigenvalue weighted by Crippen LogP contribution is 2.26. The lowest BCUT2D eigenvalue weighted by Crippen LogP contribution is -2.49. The Hall–Kier alpha value is -2.32. The van der Waals surface area contributed by atoms with Crippen LogP contribution >= 0.6 is 0 Å². The van der Waals surface area contributed by atoms with E-state index in [0.717, 1.165) is 11.1 Å². The zero-order chi connectivity index (χ0) is 17.0. The van der Waals surface area contributed by atoms with Gasteiger partial charge in [-0.15, -0.1) is 0 Å². The predicted molar refractivity (Wildman–Crippen MR) is 84.2 cm³/mol. The first kappa shape index (κ1) is 17.7. The average Bonchev–Trinajstić information content (AvgIpc) is 2.46. The first-order valence-corrected chi connectivity index (χ1v) is 6.81. The largest absolute Gasteiger partial charge is 0.329 e. The molecule has 0 unspecified atom stereocenters. The van der Waals surface area contributed by atoms with Gasteiger partial charge in [0.15, 0.2) is 0 Å². The first-order valence-electron chi connectivity index (χ1n) is 6.81. The van der Waals surface area contributed by atoms with Crippen molar-refractivity contribution in [3.05, 3.63) is 35.4 Å². The summed E-state index contributed by atoms with van der Waals surface area (Å²) in [5.74, 6) is 10.2. The molecule has 0 spiro atoms. The van der Waals surface area contributed by atoms with Crippen molar-refractivity contribution in [2.24, 2.45) is 11.7 Å². The summed E-state index contributed by atoms with van der Waals surface area (Å²) in [7, 11) is 0. The molecule has 1 rings (SSSR count). The fourth-order valence-corrected chi connectivity index (χ4v) is 2.08. The molecular weight excluding hydrogens is 284 g/mol. The highest BCUT2D eigenvalue weighted by molar-refractivity contribution is 5.75. The number of nitrogens with one attached hydrogen (secondary N) is 4. The molecule has 4 amide bonds. The van der Waals surface area contributed by atoms with Gasteiger partial charge in [0.2, 0.25) is 0 Å². The summed E-state index contributed by atoms with van der Waals surface area (Å²) in [5, 5.41) is 5.52. The molecule has 0 saturated carbocycles. The van der Waals surface area contributed by atoms with Crippen molar-refractivity contribution in [3.8, 4) is 0 Å². The van der Waals surface area contributed by atoms with E-state index >= 15 is 0 Å². The lowest BCUT2D eigenvalue weighted by atomic mass is 9.87. The number of urea groups is 2. The Labute approximate surface area is 129 Å². The van der Waals surface area contributed by atoms with Gasteiger partial charge in [0.1, 0.15) is 0 Å². The van der Waals surface area contributed by atoms with Crippen molar-refractivity contribution in [1.82, 2.24) is 21.5 Å². The Morgan fingerprint density at radius 3 is 1.55 bits per heavy atom. The zero-order valence-corrected chi connectivity index (χ0v) is 13.3. The number of amides is 4. The quantitative estimate of drug-likeness (QED) is 0.274. The third kappa shape index (κ3) is 4.34. The molecule has 0 aliphatic rings. The van der Waals surface area contributed by atoms with Gasteiger partial charge in [-0.2, -0.15) is 0 Å². The van der Waals surface area contributed by atoms with Crippen molar-refractivity contribution in [3.63, 3.8) is 0 Å². The molecule has 1 aromatic rings. The SMILES string of the molecule is CC(C)(NC(=O)NN)c1cccc(C(C)(C)NC(=O)NN)c1. The smallest absolute Gasteiger partial charge is 0.328 e. The van der Waals surface area contributed by atoms with Crippen molar-refractivity contribution < 1.29 is 9.59 Å². The molecule has 8 N–H and O–H groups in total. The van der Waals surface area contributed by atoms with E-state index < -0.39 is 23.1 Å². The van der Waals surface area contributed by atoms with E-state index in [1.807, 2.05) is 62.8 Å². The van der Waals surface area contributed by atoms with Gasteiger partial charge in [-0.25, -0.2) is 21.3 Å². The van der Waals surface area contributed by atoms with Crippen LogP contribution in [-0.4, -0.2) is 12.1 Å². The summed E-state index contributed by atoms with van der Waals surface area (Å²) in [4.78, 5) is 22.9. The molecule has 8 heteroatoms.